The van der Waals surface area contributed by atoms with Crippen LogP contribution in [0.5, 0.6) is 0 Å². The Morgan fingerprint density at radius 2 is 1.71 bits per heavy atom. The van der Waals surface area contributed by atoms with Crippen molar-refractivity contribution in [3.8, 4) is 0 Å². The smallest absolute Gasteiger partial charge is 0.00747 e. The largest absolute Gasteiger partial charge is 0.311 e. The van der Waals surface area contributed by atoms with Gasteiger partial charge in [0.05, 0.1) is 0 Å². The highest BCUT2D eigenvalue weighted by atomic mass is 15.0. The summed E-state index contributed by atoms with van der Waals surface area (Å²) in [7, 11) is 0. The summed E-state index contributed by atoms with van der Waals surface area (Å²) in [6.45, 7) is 7.23. The van der Waals surface area contributed by atoms with E-state index in [1.165, 1.54) is 57.8 Å². The van der Waals surface area contributed by atoms with E-state index in [1.54, 1.807) is 0 Å². The Kier molecular flexibility index (Phi) is 4.52. The Hall–Kier alpha value is -0.0400. The molecule has 1 N–H and O–H groups in total. The predicted molar refractivity (Wildman–Crippen MR) is 75.2 cm³/mol. The van der Waals surface area contributed by atoms with E-state index in [0.29, 0.717) is 5.41 Å². The summed E-state index contributed by atoms with van der Waals surface area (Å²) in [5.74, 6) is 1.02. The molecular weight excluding hydrogens is 206 g/mol. The van der Waals surface area contributed by atoms with Crippen LogP contribution in [0.4, 0.5) is 0 Å². The molecule has 17 heavy (non-hydrogen) atoms. The summed E-state index contributed by atoms with van der Waals surface area (Å²) in [5.41, 5.74) is 0.580. The topological polar surface area (TPSA) is 12.0 Å². The van der Waals surface area contributed by atoms with E-state index in [2.05, 4.69) is 26.1 Å². The molecule has 0 aromatic carbocycles. The van der Waals surface area contributed by atoms with Crippen LogP contribution >= 0.6 is 0 Å². The van der Waals surface area contributed by atoms with Crippen LogP contribution in [0.1, 0.15) is 78.6 Å². The maximum atomic E-state index is 3.96. The molecule has 0 aromatic rings. The van der Waals surface area contributed by atoms with Crippen LogP contribution in [0, 0.1) is 11.3 Å². The average Bonchev–Trinajstić information content (AvgIpc) is 2.29. The monoisotopic (exact) mass is 237 g/mol. The molecule has 0 spiro atoms. The van der Waals surface area contributed by atoms with E-state index >= 15 is 0 Å². The molecule has 0 bridgehead atoms. The van der Waals surface area contributed by atoms with Gasteiger partial charge in [-0.3, -0.25) is 0 Å². The van der Waals surface area contributed by atoms with Crippen LogP contribution in [-0.2, 0) is 0 Å². The van der Waals surface area contributed by atoms with Crippen LogP contribution in [-0.4, -0.2) is 12.1 Å². The Balaban J connectivity index is 1.74. The summed E-state index contributed by atoms with van der Waals surface area (Å²) in [5, 5.41) is 3.96. The molecule has 2 fully saturated rings. The van der Waals surface area contributed by atoms with Crippen molar-refractivity contribution >= 4 is 0 Å². The van der Waals surface area contributed by atoms with Crippen LogP contribution in [0.2, 0.25) is 0 Å². The quantitative estimate of drug-likeness (QED) is 0.761. The molecule has 0 amide bonds. The second-order valence-electron chi connectivity index (χ2n) is 7.25. The number of hydrogen-bond acceptors (Lipinski definition) is 1. The van der Waals surface area contributed by atoms with Gasteiger partial charge in [-0.25, -0.2) is 0 Å². The maximum absolute atomic E-state index is 3.96. The number of nitrogens with one attached hydrogen (secondary N) is 1. The Morgan fingerprint density at radius 3 is 2.29 bits per heavy atom. The third-order valence-corrected chi connectivity index (χ3v) is 5.10. The van der Waals surface area contributed by atoms with Crippen LogP contribution < -0.4 is 5.32 Å². The van der Waals surface area contributed by atoms with Gasteiger partial charge in [0.25, 0.3) is 0 Å². The molecule has 2 aliphatic carbocycles. The van der Waals surface area contributed by atoms with Crippen LogP contribution in [0.15, 0.2) is 0 Å². The van der Waals surface area contributed by atoms with Crippen molar-refractivity contribution in [2.75, 3.05) is 0 Å². The number of hydrogen-bond donors (Lipinski definition) is 1. The lowest BCUT2D eigenvalue weighted by Gasteiger charge is -2.39. The lowest BCUT2D eigenvalue weighted by atomic mass is 9.74. The first-order chi connectivity index (χ1) is 8.09. The SMILES string of the molecule is CCC1CCC(NC2CCCC(C)(C)C2)CC1. The molecule has 2 saturated carbocycles. The molecule has 1 heteroatoms. The van der Waals surface area contributed by atoms with Gasteiger partial charge in [-0.05, 0) is 56.3 Å². The molecule has 2 rings (SSSR count). The van der Waals surface area contributed by atoms with Crippen molar-refractivity contribution in [3.05, 3.63) is 0 Å². The third kappa shape index (κ3) is 3.98. The van der Waals surface area contributed by atoms with E-state index in [0.717, 1.165) is 18.0 Å². The van der Waals surface area contributed by atoms with Gasteiger partial charge < -0.3 is 5.32 Å². The molecule has 0 radical (unpaired) electrons. The summed E-state index contributed by atoms with van der Waals surface area (Å²) >= 11 is 0. The molecule has 0 aliphatic heterocycles. The first-order valence-electron chi connectivity index (χ1n) is 7.85. The molecule has 0 heterocycles. The van der Waals surface area contributed by atoms with Gasteiger partial charge in [-0.1, -0.05) is 33.6 Å². The molecule has 0 saturated heterocycles. The molecule has 2 aliphatic rings. The standard InChI is InChI=1S/C16H31N/c1-4-13-7-9-14(10-8-13)17-15-6-5-11-16(2,3)12-15/h13-15,17H,4-12H2,1-3H3. The highest BCUT2D eigenvalue weighted by Crippen LogP contribution is 2.36. The summed E-state index contributed by atoms with van der Waals surface area (Å²) in [4.78, 5) is 0. The zero-order valence-electron chi connectivity index (χ0n) is 12.1. The minimum absolute atomic E-state index is 0.580. The van der Waals surface area contributed by atoms with Gasteiger partial charge in [-0.2, -0.15) is 0 Å². The van der Waals surface area contributed by atoms with Crippen molar-refractivity contribution in [2.24, 2.45) is 11.3 Å². The summed E-state index contributed by atoms with van der Waals surface area (Å²) in [6.07, 6.45) is 12.8. The van der Waals surface area contributed by atoms with Crippen molar-refractivity contribution < 1.29 is 0 Å². The Labute approximate surface area is 108 Å². The highest BCUT2D eigenvalue weighted by molar-refractivity contribution is 4.87. The van der Waals surface area contributed by atoms with E-state index in [-0.39, 0.29) is 0 Å². The molecular formula is C16H31N. The third-order valence-electron chi connectivity index (χ3n) is 5.10. The van der Waals surface area contributed by atoms with Gasteiger partial charge in [0, 0.05) is 12.1 Å². The average molecular weight is 237 g/mol. The first kappa shape index (κ1) is 13.4. The fourth-order valence-corrected chi connectivity index (χ4v) is 3.91. The lowest BCUT2D eigenvalue weighted by molar-refractivity contribution is 0.173. The van der Waals surface area contributed by atoms with E-state index < -0.39 is 0 Å². The minimum Gasteiger partial charge on any atom is -0.311 e. The molecule has 0 aromatic heterocycles. The Bertz CT molecular complexity index is 226. The van der Waals surface area contributed by atoms with E-state index in [9.17, 15) is 0 Å². The fraction of sp³-hybridized carbons (Fsp3) is 1.00. The highest BCUT2D eigenvalue weighted by Gasteiger charge is 2.30. The van der Waals surface area contributed by atoms with Crippen molar-refractivity contribution in [1.82, 2.24) is 5.32 Å². The van der Waals surface area contributed by atoms with E-state index in [1.807, 2.05) is 0 Å². The van der Waals surface area contributed by atoms with Gasteiger partial charge in [0.15, 0.2) is 0 Å². The summed E-state index contributed by atoms with van der Waals surface area (Å²) in [6, 6.07) is 1.64. The second kappa shape index (κ2) is 5.73. The van der Waals surface area contributed by atoms with Crippen molar-refractivity contribution in [2.45, 2.75) is 90.6 Å². The zero-order valence-corrected chi connectivity index (χ0v) is 12.1. The predicted octanol–water partition coefficient (Wildman–Crippen LogP) is 4.51. The zero-order chi connectivity index (χ0) is 12.3. The molecule has 1 atom stereocenters. The Morgan fingerprint density at radius 1 is 1.00 bits per heavy atom. The maximum Gasteiger partial charge on any atom is 0.00747 e. The summed E-state index contributed by atoms with van der Waals surface area (Å²) < 4.78 is 0. The van der Waals surface area contributed by atoms with Crippen molar-refractivity contribution in [1.29, 1.82) is 0 Å². The van der Waals surface area contributed by atoms with Gasteiger partial charge in [0.2, 0.25) is 0 Å². The van der Waals surface area contributed by atoms with Crippen LogP contribution in [0.3, 0.4) is 0 Å². The van der Waals surface area contributed by atoms with E-state index in [4.69, 9.17) is 0 Å². The second-order valence-corrected chi connectivity index (χ2v) is 7.25. The molecule has 100 valence electrons. The minimum atomic E-state index is 0.580. The van der Waals surface area contributed by atoms with Gasteiger partial charge in [0.1, 0.15) is 0 Å². The molecule has 1 nitrogen and oxygen atoms in total. The van der Waals surface area contributed by atoms with Gasteiger partial charge >= 0.3 is 0 Å². The normalized spacial score (nSPS) is 37.9. The molecule has 1 unspecified atom stereocenters. The van der Waals surface area contributed by atoms with Crippen LogP contribution in [0.25, 0.3) is 0 Å². The van der Waals surface area contributed by atoms with Crippen molar-refractivity contribution in [3.63, 3.8) is 0 Å². The fourth-order valence-electron chi connectivity index (χ4n) is 3.91. The number of rotatable bonds is 3. The van der Waals surface area contributed by atoms with Gasteiger partial charge in [-0.15, -0.1) is 0 Å². The first-order valence-corrected chi connectivity index (χ1v) is 7.85. The lowest BCUT2D eigenvalue weighted by Crippen LogP contribution is -2.44.